The lowest BCUT2D eigenvalue weighted by molar-refractivity contribution is -0.124. The predicted octanol–water partition coefficient (Wildman–Crippen LogP) is 6.90. The number of thiazole rings is 1. The van der Waals surface area contributed by atoms with E-state index in [1.165, 1.54) is 16.9 Å². The van der Waals surface area contributed by atoms with Crippen LogP contribution in [0, 0.1) is 19.3 Å². The van der Waals surface area contributed by atoms with Crippen LogP contribution in [0.3, 0.4) is 0 Å². The summed E-state index contributed by atoms with van der Waals surface area (Å²) in [5, 5.41) is 9.36. The molecule has 0 fully saturated rings. The molecule has 2 heterocycles. The summed E-state index contributed by atoms with van der Waals surface area (Å²) in [5.41, 5.74) is 4.70. The van der Waals surface area contributed by atoms with Crippen molar-refractivity contribution in [3.63, 3.8) is 0 Å². The third kappa shape index (κ3) is 4.49. The van der Waals surface area contributed by atoms with Crippen LogP contribution in [-0.2, 0) is 4.79 Å². The number of fused-ring (bicyclic) bond motifs is 1. The van der Waals surface area contributed by atoms with Gasteiger partial charge >= 0.3 is 0 Å². The Morgan fingerprint density at radius 3 is 2.37 bits per heavy atom. The van der Waals surface area contributed by atoms with E-state index in [2.05, 4.69) is 76.9 Å². The molecule has 1 atom stereocenters. The number of anilines is 1. The van der Waals surface area contributed by atoms with Gasteiger partial charge < -0.3 is 5.32 Å². The zero-order valence-electron chi connectivity index (χ0n) is 20.3. The van der Waals surface area contributed by atoms with E-state index in [-0.39, 0.29) is 11.8 Å². The van der Waals surface area contributed by atoms with Gasteiger partial charge in [-0.05, 0) is 49.2 Å². The standard InChI is InChI=1S/C29H28N4OS/c1-19-10-13-24(14-11-19)33-25-15-12-22(16-23(25)18-31-33)26(21-8-6-5-7-9-21)29(3,4)27(34)32-28-30-17-20(2)35-28/h5-18,26H,1-4H3,(H,30,32,34). The van der Waals surface area contributed by atoms with Crippen LogP contribution >= 0.6 is 11.3 Å². The molecule has 3 aromatic carbocycles. The average Bonchev–Trinajstić information content (AvgIpc) is 3.46. The minimum Gasteiger partial charge on any atom is -0.301 e. The quantitative estimate of drug-likeness (QED) is 0.288. The number of rotatable bonds is 6. The van der Waals surface area contributed by atoms with E-state index in [0.717, 1.165) is 32.6 Å². The Kier molecular flexibility index (Phi) is 5.99. The van der Waals surface area contributed by atoms with Crippen molar-refractivity contribution in [2.24, 2.45) is 5.41 Å². The van der Waals surface area contributed by atoms with Crippen molar-refractivity contribution >= 4 is 33.3 Å². The van der Waals surface area contributed by atoms with Crippen molar-refractivity contribution in [1.82, 2.24) is 14.8 Å². The smallest absolute Gasteiger partial charge is 0.232 e. The van der Waals surface area contributed by atoms with Crippen LogP contribution in [0.25, 0.3) is 16.6 Å². The summed E-state index contributed by atoms with van der Waals surface area (Å²) in [4.78, 5) is 18.9. The zero-order valence-corrected chi connectivity index (χ0v) is 21.1. The van der Waals surface area contributed by atoms with Gasteiger partial charge in [0.25, 0.3) is 0 Å². The molecule has 0 saturated heterocycles. The van der Waals surface area contributed by atoms with Crippen LogP contribution in [0.4, 0.5) is 5.13 Å². The molecule has 0 aliphatic carbocycles. The number of aromatic nitrogens is 3. The van der Waals surface area contributed by atoms with Gasteiger partial charge in [0.15, 0.2) is 5.13 Å². The Labute approximate surface area is 209 Å². The first-order valence-electron chi connectivity index (χ1n) is 11.7. The average molecular weight is 481 g/mol. The summed E-state index contributed by atoms with van der Waals surface area (Å²) >= 11 is 1.48. The van der Waals surface area contributed by atoms with Crippen molar-refractivity contribution in [1.29, 1.82) is 0 Å². The molecule has 1 N–H and O–H groups in total. The second-order valence-corrected chi connectivity index (χ2v) is 10.7. The molecule has 176 valence electrons. The highest BCUT2D eigenvalue weighted by atomic mass is 32.1. The molecule has 0 spiro atoms. The second kappa shape index (κ2) is 9.12. The van der Waals surface area contributed by atoms with Gasteiger partial charge in [0.05, 0.1) is 22.8 Å². The summed E-state index contributed by atoms with van der Waals surface area (Å²) in [6.07, 6.45) is 3.67. The number of hydrogen-bond donors (Lipinski definition) is 1. The summed E-state index contributed by atoms with van der Waals surface area (Å²) in [5.74, 6) is -0.215. The van der Waals surface area contributed by atoms with E-state index in [4.69, 9.17) is 0 Å². The minimum atomic E-state index is -0.735. The zero-order chi connectivity index (χ0) is 24.6. The first kappa shape index (κ1) is 23.0. The summed E-state index contributed by atoms with van der Waals surface area (Å²) in [6, 6.07) is 25.0. The fourth-order valence-electron chi connectivity index (χ4n) is 4.60. The molecule has 0 aliphatic rings. The molecular formula is C29H28N4OS. The topological polar surface area (TPSA) is 59.8 Å². The second-order valence-electron chi connectivity index (χ2n) is 9.51. The largest absolute Gasteiger partial charge is 0.301 e. The van der Waals surface area contributed by atoms with E-state index in [9.17, 15) is 4.79 Å². The highest BCUT2D eigenvalue weighted by Crippen LogP contribution is 2.42. The predicted molar refractivity (Wildman–Crippen MR) is 143 cm³/mol. The molecule has 0 aliphatic heterocycles. The minimum absolute atomic E-state index is 0.0591. The fraction of sp³-hybridized carbons (Fsp3) is 0.207. The molecule has 5 nitrogen and oxygen atoms in total. The number of nitrogens with one attached hydrogen (secondary N) is 1. The third-order valence-electron chi connectivity index (χ3n) is 6.49. The molecule has 0 bridgehead atoms. The van der Waals surface area contributed by atoms with Crippen molar-refractivity contribution in [3.05, 3.63) is 107 Å². The van der Waals surface area contributed by atoms with Gasteiger partial charge in [-0.15, -0.1) is 11.3 Å². The number of nitrogens with zero attached hydrogens (tertiary/aromatic N) is 3. The summed E-state index contributed by atoms with van der Waals surface area (Å²) in [7, 11) is 0. The maximum absolute atomic E-state index is 13.6. The number of aryl methyl sites for hydroxylation is 2. The molecule has 5 rings (SSSR count). The van der Waals surface area contributed by atoms with Crippen LogP contribution in [0.15, 0.2) is 85.2 Å². The van der Waals surface area contributed by atoms with Gasteiger partial charge in [0.2, 0.25) is 5.91 Å². The Hall–Kier alpha value is -3.77. The van der Waals surface area contributed by atoms with Crippen LogP contribution in [-0.4, -0.2) is 20.7 Å². The number of hydrogen-bond acceptors (Lipinski definition) is 4. The number of benzene rings is 3. The highest BCUT2D eigenvalue weighted by Gasteiger charge is 2.39. The highest BCUT2D eigenvalue weighted by molar-refractivity contribution is 7.15. The lowest BCUT2D eigenvalue weighted by atomic mass is 9.70. The molecule has 5 aromatic rings. The SMILES string of the molecule is Cc1ccc(-n2ncc3cc(C(c4ccccc4)C(C)(C)C(=O)Nc4ncc(C)s4)ccc32)cc1. The number of amides is 1. The first-order chi connectivity index (χ1) is 16.8. The molecule has 2 aromatic heterocycles. The Morgan fingerprint density at radius 1 is 0.943 bits per heavy atom. The Balaban J connectivity index is 1.56. The number of carbonyl (C=O) groups is 1. The normalized spacial score (nSPS) is 12.6. The first-order valence-corrected chi connectivity index (χ1v) is 12.5. The Bertz CT molecular complexity index is 1480. The van der Waals surface area contributed by atoms with Crippen molar-refractivity contribution in [3.8, 4) is 5.69 Å². The van der Waals surface area contributed by atoms with E-state index in [0.29, 0.717) is 5.13 Å². The van der Waals surface area contributed by atoms with Gasteiger partial charge in [-0.1, -0.05) is 67.9 Å². The molecule has 1 unspecified atom stereocenters. The van der Waals surface area contributed by atoms with Crippen LogP contribution in [0.1, 0.15) is 41.3 Å². The maximum Gasteiger partial charge on any atom is 0.232 e. The summed E-state index contributed by atoms with van der Waals surface area (Å²) < 4.78 is 1.96. The van der Waals surface area contributed by atoms with Crippen LogP contribution in [0.5, 0.6) is 0 Å². The summed E-state index contributed by atoms with van der Waals surface area (Å²) in [6.45, 7) is 8.06. The van der Waals surface area contributed by atoms with Gasteiger partial charge in [-0.2, -0.15) is 5.10 Å². The molecular weight excluding hydrogens is 452 g/mol. The fourth-order valence-corrected chi connectivity index (χ4v) is 5.26. The Morgan fingerprint density at radius 2 is 1.69 bits per heavy atom. The molecule has 6 heteroatoms. The van der Waals surface area contributed by atoms with Gasteiger partial charge in [0, 0.05) is 22.4 Å². The van der Waals surface area contributed by atoms with E-state index >= 15 is 0 Å². The lowest BCUT2D eigenvalue weighted by Gasteiger charge is -2.34. The molecule has 0 saturated carbocycles. The van der Waals surface area contributed by atoms with E-state index < -0.39 is 5.41 Å². The van der Waals surface area contributed by atoms with Crippen molar-refractivity contribution < 1.29 is 4.79 Å². The van der Waals surface area contributed by atoms with Crippen molar-refractivity contribution in [2.45, 2.75) is 33.6 Å². The number of carbonyl (C=O) groups excluding carboxylic acids is 1. The van der Waals surface area contributed by atoms with Gasteiger partial charge in [0.1, 0.15) is 0 Å². The van der Waals surface area contributed by atoms with Gasteiger partial charge in [-0.25, -0.2) is 9.67 Å². The van der Waals surface area contributed by atoms with Crippen LogP contribution < -0.4 is 5.32 Å². The van der Waals surface area contributed by atoms with Crippen molar-refractivity contribution in [2.75, 3.05) is 5.32 Å². The van der Waals surface area contributed by atoms with E-state index in [1.54, 1.807) is 6.20 Å². The maximum atomic E-state index is 13.6. The van der Waals surface area contributed by atoms with Crippen LogP contribution in [0.2, 0.25) is 0 Å². The third-order valence-corrected chi connectivity index (χ3v) is 7.31. The monoisotopic (exact) mass is 480 g/mol. The molecule has 0 radical (unpaired) electrons. The van der Waals surface area contributed by atoms with Gasteiger partial charge in [-0.3, -0.25) is 4.79 Å². The lowest BCUT2D eigenvalue weighted by Crippen LogP contribution is -2.37. The molecule has 1 amide bonds. The van der Waals surface area contributed by atoms with E-state index in [1.807, 2.05) is 49.8 Å². The molecule has 35 heavy (non-hydrogen) atoms.